The van der Waals surface area contributed by atoms with E-state index >= 15 is 0 Å². The first-order valence-corrected chi connectivity index (χ1v) is 14.9. The minimum absolute atomic E-state index is 0.0332. The van der Waals surface area contributed by atoms with Crippen molar-refractivity contribution < 1.29 is 9.90 Å². The number of nitrogens with zero attached hydrogens (tertiary/aromatic N) is 5. The molecular weight excluding hydrogens is 500 g/mol. The fourth-order valence-corrected chi connectivity index (χ4v) is 7.01. The van der Waals surface area contributed by atoms with Crippen LogP contribution in [0.1, 0.15) is 61.5 Å². The molecule has 2 saturated carbocycles. The van der Waals surface area contributed by atoms with Crippen molar-refractivity contribution in [2.24, 2.45) is 5.92 Å². The van der Waals surface area contributed by atoms with Crippen molar-refractivity contribution in [2.75, 3.05) is 19.6 Å². The number of hydrogen-bond acceptors (Lipinski definition) is 5. The lowest BCUT2D eigenvalue weighted by molar-refractivity contribution is -0.0518. The summed E-state index contributed by atoms with van der Waals surface area (Å²) in [7, 11) is 0. The molecule has 1 amide bonds. The number of nitrogens with one attached hydrogen (secondary N) is 1. The van der Waals surface area contributed by atoms with Gasteiger partial charge in [-0.3, -0.25) is 4.79 Å². The van der Waals surface area contributed by atoms with Gasteiger partial charge in [-0.1, -0.05) is 68.1 Å². The SMILES string of the molecule is O=C(c1ncn([C@@H]2CCCC[C@@]2(O)CC2CC2)c1-c1ccccc1)N1CCNC[C@H]1Cn1cnc2ccccc21. The monoisotopic (exact) mass is 538 g/mol. The third kappa shape index (κ3) is 4.73. The summed E-state index contributed by atoms with van der Waals surface area (Å²) in [6.07, 6.45) is 10.8. The third-order valence-electron chi connectivity index (χ3n) is 9.22. The van der Waals surface area contributed by atoms with Crippen molar-refractivity contribution in [3.8, 4) is 11.3 Å². The number of fused-ring (bicyclic) bond motifs is 1. The van der Waals surface area contributed by atoms with Crippen LogP contribution >= 0.6 is 0 Å². The number of imidazole rings is 2. The number of benzene rings is 2. The third-order valence-corrected chi connectivity index (χ3v) is 9.22. The second kappa shape index (κ2) is 10.5. The molecule has 2 N–H and O–H groups in total. The summed E-state index contributed by atoms with van der Waals surface area (Å²) in [6, 6.07) is 18.1. The summed E-state index contributed by atoms with van der Waals surface area (Å²) in [6.45, 7) is 2.73. The second-order valence-corrected chi connectivity index (χ2v) is 12.0. The standard InChI is InChI=1S/C32H38N6O2/c39-31(37-17-16-33-19-25(37)20-36-21-34-26-10-4-5-11-27(26)36)29-30(24-8-2-1-3-9-24)38(22-35-29)28-12-6-7-15-32(28,40)18-23-13-14-23/h1-5,8-11,21-23,25,28,33,40H,6-7,12-20H2/t25-,28+,32+/m0/s1. The maximum atomic E-state index is 14.4. The van der Waals surface area contributed by atoms with Gasteiger partial charge in [0.2, 0.25) is 0 Å². The first kappa shape index (κ1) is 25.5. The molecule has 208 valence electrons. The van der Waals surface area contributed by atoms with E-state index in [1.54, 1.807) is 0 Å². The highest BCUT2D eigenvalue weighted by atomic mass is 16.3. The van der Waals surface area contributed by atoms with Gasteiger partial charge in [-0.25, -0.2) is 9.97 Å². The molecule has 3 atom stereocenters. The Morgan fingerprint density at radius 2 is 1.82 bits per heavy atom. The van der Waals surface area contributed by atoms with Gasteiger partial charge in [-0.2, -0.15) is 0 Å². The predicted octanol–water partition coefficient (Wildman–Crippen LogP) is 4.66. The van der Waals surface area contributed by atoms with Crippen LogP contribution in [0.2, 0.25) is 0 Å². The Labute approximate surface area is 235 Å². The van der Waals surface area contributed by atoms with Crippen molar-refractivity contribution >= 4 is 16.9 Å². The summed E-state index contributed by atoms with van der Waals surface area (Å²) < 4.78 is 4.29. The van der Waals surface area contributed by atoms with E-state index in [2.05, 4.69) is 37.6 Å². The molecule has 1 saturated heterocycles. The van der Waals surface area contributed by atoms with Crippen molar-refractivity contribution in [3.63, 3.8) is 0 Å². The number of para-hydroxylation sites is 2. The topological polar surface area (TPSA) is 88.2 Å². The number of aliphatic hydroxyl groups is 1. The van der Waals surface area contributed by atoms with Crippen molar-refractivity contribution in [2.45, 2.75) is 69.2 Å². The molecule has 8 nitrogen and oxygen atoms in total. The molecule has 2 aromatic carbocycles. The number of aromatic nitrogens is 4. The summed E-state index contributed by atoms with van der Waals surface area (Å²) >= 11 is 0. The molecule has 2 aromatic heterocycles. The largest absolute Gasteiger partial charge is 0.388 e. The number of amides is 1. The summed E-state index contributed by atoms with van der Waals surface area (Å²) in [5, 5.41) is 15.5. The fourth-order valence-electron chi connectivity index (χ4n) is 7.01. The molecule has 0 bridgehead atoms. The molecule has 3 fully saturated rings. The molecule has 3 heterocycles. The van der Waals surface area contributed by atoms with Gasteiger partial charge in [0.05, 0.1) is 47.1 Å². The van der Waals surface area contributed by atoms with E-state index in [4.69, 9.17) is 4.98 Å². The maximum absolute atomic E-state index is 14.4. The van der Waals surface area contributed by atoms with Crippen LogP contribution in [-0.2, 0) is 6.54 Å². The highest BCUT2D eigenvalue weighted by Gasteiger charge is 2.45. The first-order chi connectivity index (χ1) is 19.6. The first-order valence-electron chi connectivity index (χ1n) is 14.9. The van der Waals surface area contributed by atoms with Crippen LogP contribution in [0.4, 0.5) is 0 Å². The number of piperazine rings is 1. The number of carbonyl (C=O) groups is 1. The smallest absolute Gasteiger partial charge is 0.275 e. The highest BCUT2D eigenvalue weighted by Crippen LogP contribution is 2.48. The van der Waals surface area contributed by atoms with E-state index in [0.29, 0.717) is 31.2 Å². The molecule has 3 aliphatic rings. The van der Waals surface area contributed by atoms with E-state index in [1.807, 2.05) is 54.0 Å². The summed E-state index contributed by atoms with van der Waals surface area (Å²) in [5.74, 6) is 0.575. The second-order valence-electron chi connectivity index (χ2n) is 12.0. The van der Waals surface area contributed by atoms with Gasteiger partial charge in [0.15, 0.2) is 5.69 Å². The zero-order valence-corrected chi connectivity index (χ0v) is 23.0. The maximum Gasteiger partial charge on any atom is 0.275 e. The molecule has 1 aliphatic heterocycles. The number of rotatable bonds is 7. The molecule has 2 aliphatic carbocycles. The summed E-state index contributed by atoms with van der Waals surface area (Å²) in [4.78, 5) is 25.7. The highest BCUT2D eigenvalue weighted by molar-refractivity contribution is 5.98. The zero-order valence-electron chi connectivity index (χ0n) is 23.0. The Morgan fingerprint density at radius 1 is 1.00 bits per heavy atom. The van der Waals surface area contributed by atoms with E-state index in [-0.39, 0.29) is 18.0 Å². The van der Waals surface area contributed by atoms with Crippen molar-refractivity contribution in [1.29, 1.82) is 0 Å². The molecular formula is C32H38N6O2. The van der Waals surface area contributed by atoms with Crippen LogP contribution in [0.3, 0.4) is 0 Å². The average molecular weight is 539 g/mol. The van der Waals surface area contributed by atoms with Crippen LogP contribution in [0.25, 0.3) is 22.3 Å². The van der Waals surface area contributed by atoms with E-state index in [0.717, 1.165) is 60.9 Å². The van der Waals surface area contributed by atoms with Crippen LogP contribution in [0, 0.1) is 5.92 Å². The Morgan fingerprint density at radius 3 is 2.67 bits per heavy atom. The Kier molecular flexibility index (Phi) is 6.68. The van der Waals surface area contributed by atoms with Gasteiger partial charge >= 0.3 is 0 Å². The molecule has 4 aromatic rings. The quantitative estimate of drug-likeness (QED) is 0.357. The molecule has 7 rings (SSSR count). The molecule has 0 spiro atoms. The van der Waals surface area contributed by atoms with E-state index in [1.165, 1.54) is 12.8 Å². The molecule has 40 heavy (non-hydrogen) atoms. The molecule has 8 heteroatoms. The lowest BCUT2D eigenvalue weighted by Crippen LogP contribution is -2.55. The Hall–Kier alpha value is -3.49. The van der Waals surface area contributed by atoms with Crippen molar-refractivity contribution in [3.05, 3.63) is 72.9 Å². The lowest BCUT2D eigenvalue weighted by Gasteiger charge is -2.42. The summed E-state index contributed by atoms with van der Waals surface area (Å²) in [5.41, 5.74) is 3.55. The van der Waals surface area contributed by atoms with Crippen LogP contribution in [-0.4, -0.2) is 66.3 Å². The van der Waals surface area contributed by atoms with Gasteiger partial charge in [0.25, 0.3) is 5.91 Å². The van der Waals surface area contributed by atoms with Gasteiger partial charge in [0, 0.05) is 31.7 Å². The predicted molar refractivity (Wildman–Crippen MR) is 155 cm³/mol. The minimum atomic E-state index is -0.760. The van der Waals surface area contributed by atoms with Crippen molar-refractivity contribution in [1.82, 2.24) is 29.3 Å². The normalized spacial score (nSPS) is 25.4. The molecule has 0 unspecified atom stereocenters. The minimum Gasteiger partial charge on any atom is -0.388 e. The Balaban J connectivity index is 1.25. The fraction of sp³-hybridized carbons (Fsp3) is 0.469. The number of hydrogen-bond donors (Lipinski definition) is 2. The average Bonchev–Trinajstić information content (AvgIpc) is 3.53. The number of carbonyl (C=O) groups excluding carboxylic acids is 1. The van der Waals surface area contributed by atoms with Gasteiger partial charge in [0.1, 0.15) is 0 Å². The van der Waals surface area contributed by atoms with E-state index < -0.39 is 5.60 Å². The van der Waals surface area contributed by atoms with Gasteiger partial charge in [-0.15, -0.1) is 0 Å². The zero-order chi connectivity index (χ0) is 27.1. The van der Waals surface area contributed by atoms with Crippen LogP contribution in [0.5, 0.6) is 0 Å². The van der Waals surface area contributed by atoms with Crippen LogP contribution < -0.4 is 5.32 Å². The van der Waals surface area contributed by atoms with Gasteiger partial charge in [-0.05, 0) is 37.3 Å². The molecule has 0 radical (unpaired) electrons. The Bertz CT molecular complexity index is 1490. The van der Waals surface area contributed by atoms with Crippen LogP contribution in [0.15, 0.2) is 67.3 Å². The van der Waals surface area contributed by atoms with Gasteiger partial charge < -0.3 is 24.5 Å². The lowest BCUT2D eigenvalue weighted by atomic mass is 9.76. The van der Waals surface area contributed by atoms with E-state index in [9.17, 15) is 9.90 Å².